The summed E-state index contributed by atoms with van der Waals surface area (Å²) in [5, 5.41) is 9.17. The van der Waals surface area contributed by atoms with Crippen molar-refractivity contribution in [1.82, 2.24) is 4.90 Å². The predicted octanol–water partition coefficient (Wildman–Crippen LogP) is 0.600. The van der Waals surface area contributed by atoms with Gasteiger partial charge >= 0.3 is 5.97 Å². The molecule has 0 aromatic rings. The Morgan fingerprint density at radius 1 is 1.20 bits per heavy atom. The summed E-state index contributed by atoms with van der Waals surface area (Å²) in [6, 6.07) is 0.0286. The summed E-state index contributed by atoms with van der Waals surface area (Å²) in [6.45, 7) is 3.46. The summed E-state index contributed by atoms with van der Waals surface area (Å²) in [4.78, 5) is 36.5. The number of primary amides is 1. The molecule has 0 bridgehead atoms. The van der Waals surface area contributed by atoms with Gasteiger partial charge in [-0.05, 0) is 18.3 Å². The van der Waals surface area contributed by atoms with Crippen LogP contribution in [0.15, 0.2) is 0 Å². The van der Waals surface area contributed by atoms with E-state index in [0.29, 0.717) is 0 Å². The van der Waals surface area contributed by atoms with Crippen LogP contribution in [0.5, 0.6) is 0 Å². The number of hydrogen-bond donors (Lipinski definition) is 2. The number of carbonyl (C=O) groups excluding carboxylic acids is 2. The zero-order valence-corrected chi connectivity index (χ0v) is 12.0. The molecule has 0 aromatic heterocycles. The third kappa shape index (κ3) is 2.51. The Hall–Kier alpha value is -1.59. The number of carboxylic acids is 1. The van der Waals surface area contributed by atoms with Gasteiger partial charge in [0.25, 0.3) is 0 Å². The van der Waals surface area contributed by atoms with Crippen molar-refractivity contribution >= 4 is 17.8 Å². The van der Waals surface area contributed by atoms with Crippen molar-refractivity contribution in [2.24, 2.45) is 23.0 Å². The molecule has 6 nitrogen and oxygen atoms in total. The summed E-state index contributed by atoms with van der Waals surface area (Å²) in [5.41, 5.74) is 4.69. The SMILES string of the molecule is CC1(C)C(C(=O)O)C1C(=O)N(CC(N)=O)C1CCCC1. The molecule has 0 aliphatic heterocycles. The van der Waals surface area contributed by atoms with Crippen molar-refractivity contribution in [2.45, 2.75) is 45.6 Å². The highest BCUT2D eigenvalue weighted by Gasteiger charge is 2.66. The second kappa shape index (κ2) is 5.07. The van der Waals surface area contributed by atoms with Crippen LogP contribution >= 0.6 is 0 Å². The molecule has 2 fully saturated rings. The second-order valence-electron chi connectivity index (χ2n) is 6.49. The maximum Gasteiger partial charge on any atom is 0.307 e. The van der Waals surface area contributed by atoms with E-state index < -0.39 is 29.1 Å². The van der Waals surface area contributed by atoms with E-state index in [0.717, 1.165) is 25.7 Å². The first-order chi connectivity index (χ1) is 9.26. The largest absolute Gasteiger partial charge is 0.481 e. The highest BCUT2D eigenvalue weighted by molar-refractivity contribution is 5.93. The number of rotatable bonds is 5. The molecular formula is C14H22N2O4. The third-order valence-electron chi connectivity index (χ3n) is 4.73. The average Bonchev–Trinajstić information content (AvgIpc) is 2.74. The summed E-state index contributed by atoms with van der Waals surface area (Å²) < 4.78 is 0. The topological polar surface area (TPSA) is 101 Å². The van der Waals surface area contributed by atoms with Crippen LogP contribution in [-0.4, -0.2) is 40.4 Å². The zero-order valence-electron chi connectivity index (χ0n) is 12.0. The monoisotopic (exact) mass is 282 g/mol. The van der Waals surface area contributed by atoms with Crippen LogP contribution in [-0.2, 0) is 14.4 Å². The third-order valence-corrected chi connectivity index (χ3v) is 4.73. The van der Waals surface area contributed by atoms with Gasteiger partial charge in [-0.15, -0.1) is 0 Å². The molecule has 2 unspecified atom stereocenters. The van der Waals surface area contributed by atoms with Crippen LogP contribution in [0, 0.1) is 17.3 Å². The van der Waals surface area contributed by atoms with Gasteiger partial charge in [-0.2, -0.15) is 0 Å². The number of carbonyl (C=O) groups is 3. The van der Waals surface area contributed by atoms with Gasteiger partial charge < -0.3 is 15.7 Å². The maximum atomic E-state index is 12.6. The van der Waals surface area contributed by atoms with Gasteiger partial charge in [-0.1, -0.05) is 26.7 Å². The lowest BCUT2D eigenvalue weighted by Gasteiger charge is -2.28. The highest BCUT2D eigenvalue weighted by atomic mass is 16.4. The Bertz CT molecular complexity index is 440. The van der Waals surface area contributed by atoms with Crippen LogP contribution < -0.4 is 5.73 Å². The molecule has 2 saturated carbocycles. The molecule has 20 heavy (non-hydrogen) atoms. The summed E-state index contributed by atoms with van der Waals surface area (Å²) >= 11 is 0. The Morgan fingerprint density at radius 2 is 1.75 bits per heavy atom. The first kappa shape index (κ1) is 14.8. The summed E-state index contributed by atoms with van der Waals surface area (Å²) in [6.07, 6.45) is 3.79. The van der Waals surface area contributed by atoms with Crippen LogP contribution in [0.25, 0.3) is 0 Å². The van der Waals surface area contributed by atoms with E-state index in [1.54, 1.807) is 13.8 Å². The van der Waals surface area contributed by atoms with E-state index in [1.807, 2.05) is 0 Å². The Kier molecular flexibility index (Phi) is 3.75. The first-order valence-electron chi connectivity index (χ1n) is 7.08. The Labute approximate surface area is 118 Å². The molecule has 2 atom stereocenters. The number of carboxylic acid groups (broad SMARTS) is 1. The van der Waals surface area contributed by atoms with Gasteiger partial charge in [0.05, 0.1) is 18.4 Å². The number of hydrogen-bond acceptors (Lipinski definition) is 3. The van der Waals surface area contributed by atoms with Gasteiger partial charge in [0.15, 0.2) is 0 Å². The fourth-order valence-electron chi connectivity index (χ4n) is 3.51. The molecule has 0 saturated heterocycles. The lowest BCUT2D eigenvalue weighted by molar-refractivity contribution is -0.143. The second-order valence-corrected chi connectivity index (χ2v) is 6.49. The van der Waals surface area contributed by atoms with Gasteiger partial charge in [0.1, 0.15) is 0 Å². The molecule has 6 heteroatoms. The molecule has 2 aliphatic rings. The van der Waals surface area contributed by atoms with E-state index in [1.165, 1.54) is 4.90 Å². The average molecular weight is 282 g/mol. The number of amides is 2. The van der Waals surface area contributed by atoms with Crippen LogP contribution in [0.3, 0.4) is 0 Å². The van der Waals surface area contributed by atoms with Crippen molar-refractivity contribution in [3.8, 4) is 0 Å². The smallest absolute Gasteiger partial charge is 0.307 e. The normalized spacial score (nSPS) is 28.1. The molecular weight excluding hydrogens is 260 g/mol. The lowest BCUT2D eigenvalue weighted by Crippen LogP contribution is -2.45. The van der Waals surface area contributed by atoms with Crippen molar-refractivity contribution in [2.75, 3.05) is 6.54 Å². The molecule has 0 spiro atoms. The molecule has 2 amide bonds. The van der Waals surface area contributed by atoms with E-state index >= 15 is 0 Å². The van der Waals surface area contributed by atoms with Crippen molar-refractivity contribution in [3.63, 3.8) is 0 Å². The molecule has 2 aliphatic carbocycles. The Balaban J connectivity index is 2.15. The van der Waals surface area contributed by atoms with Gasteiger partial charge in [0, 0.05) is 6.04 Å². The summed E-state index contributed by atoms with van der Waals surface area (Å²) in [5.74, 6) is -2.92. The van der Waals surface area contributed by atoms with E-state index in [2.05, 4.69) is 0 Å². The maximum absolute atomic E-state index is 12.6. The van der Waals surface area contributed by atoms with Crippen LogP contribution in [0.1, 0.15) is 39.5 Å². The minimum absolute atomic E-state index is 0.0286. The molecule has 0 heterocycles. The van der Waals surface area contributed by atoms with Crippen molar-refractivity contribution in [1.29, 1.82) is 0 Å². The van der Waals surface area contributed by atoms with Gasteiger partial charge in [-0.3, -0.25) is 14.4 Å². The van der Waals surface area contributed by atoms with Gasteiger partial charge in [0.2, 0.25) is 11.8 Å². The molecule has 112 valence electrons. The molecule has 0 aromatic carbocycles. The van der Waals surface area contributed by atoms with E-state index in [-0.39, 0.29) is 18.5 Å². The number of nitrogens with two attached hydrogens (primary N) is 1. The molecule has 0 radical (unpaired) electrons. The summed E-state index contributed by atoms with van der Waals surface area (Å²) in [7, 11) is 0. The number of aliphatic carboxylic acids is 1. The quantitative estimate of drug-likeness (QED) is 0.771. The standard InChI is InChI=1S/C14H22N2O4/c1-14(2)10(11(14)13(19)20)12(18)16(7-9(15)17)8-5-3-4-6-8/h8,10-11H,3-7H2,1-2H3,(H2,15,17)(H,19,20). The number of nitrogens with zero attached hydrogens (tertiary/aromatic N) is 1. The van der Waals surface area contributed by atoms with Crippen LogP contribution in [0.4, 0.5) is 0 Å². The van der Waals surface area contributed by atoms with E-state index in [9.17, 15) is 19.5 Å². The first-order valence-corrected chi connectivity index (χ1v) is 7.08. The minimum Gasteiger partial charge on any atom is -0.481 e. The lowest BCUT2D eigenvalue weighted by atomic mass is 10.1. The fourth-order valence-corrected chi connectivity index (χ4v) is 3.51. The highest BCUT2D eigenvalue weighted by Crippen LogP contribution is 2.59. The predicted molar refractivity (Wildman–Crippen MR) is 71.6 cm³/mol. The zero-order chi connectivity index (χ0) is 15.1. The van der Waals surface area contributed by atoms with Crippen LogP contribution in [0.2, 0.25) is 0 Å². The fraction of sp³-hybridized carbons (Fsp3) is 0.786. The minimum atomic E-state index is -0.946. The van der Waals surface area contributed by atoms with Gasteiger partial charge in [-0.25, -0.2) is 0 Å². The molecule has 2 rings (SSSR count). The van der Waals surface area contributed by atoms with E-state index in [4.69, 9.17) is 5.73 Å². The van der Waals surface area contributed by atoms with Crippen molar-refractivity contribution < 1.29 is 19.5 Å². The Morgan fingerprint density at radius 3 is 2.15 bits per heavy atom. The van der Waals surface area contributed by atoms with Crippen molar-refractivity contribution in [3.05, 3.63) is 0 Å². The molecule has 3 N–H and O–H groups in total.